The number of aromatic nitrogens is 1. The number of hydrogen-bond acceptors (Lipinski definition) is 6. The molecule has 0 bridgehead atoms. The molecule has 2 aromatic carbocycles. The van der Waals surface area contributed by atoms with Gasteiger partial charge in [0.15, 0.2) is 16.6 Å². The van der Waals surface area contributed by atoms with Crippen molar-refractivity contribution < 1.29 is 14.3 Å². The summed E-state index contributed by atoms with van der Waals surface area (Å²) in [7, 11) is 1.58. The molecule has 0 aliphatic heterocycles. The molecule has 134 valence electrons. The molecule has 26 heavy (non-hydrogen) atoms. The van der Waals surface area contributed by atoms with Gasteiger partial charge in [-0.3, -0.25) is 10.1 Å². The first-order chi connectivity index (χ1) is 12.5. The second-order valence-electron chi connectivity index (χ2n) is 5.75. The molecule has 0 saturated heterocycles. The fourth-order valence-corrected chi connectivity index (χ4v) is 3.05. The van der Waals surface area contributed by atoms with E-state index in [0.717, 1.165) is 11.3 Å². The number of methoxy groups -OCH3 is 1. The van der Waals surface area contributed by atoms with E-state index in [0.29, 0.717) is 33.6 Å². The van der Waals surface area contributed by atoms with Gasteiger partial charge in [0, 0.05) is 11.1 Å². The standard InChI is InChI=1S/C19H19N3O3S/c1-11-4-7-16(24-3)17(8-11)25-13-5-6-15(20)14(9-13)18(23)22-19-21-12(2)10-26-19/h4-10H,20H2,1-3H3,(H,21,22,23). The summed E-state index contributed by atoms with van der Waals surface area (Å²) in [5, 5.41) is 5.14. The summed E-state index contributed by atoms with van der Waals surface area (Å²) in [5.41, 5.74) is 8.53. The molecule has 3 N–H and O–H groups in total. The van der Waals surface area contributed by atoms with Crippen LogP contribution in [0.2, 0.25) is 0 Å². The molecule has 0 unspecified atom stereocenters. The minimum absolute atomic E-state index is 0.321. The molecule has 7 heteroatoms. The summed E-state index contributed by atoms with van der Waals surface area (Å²) in [6.07, 6.45) is 0. The van der Waals surface area contributed by atoms with Crippen molar-refractivity contribution in [1.29, 1.82) is 0 Å². The molecule has 0 aliphatic rings. The zero-order valence-electron chi connectivity index (χ0n) is 14.7. The number of amides is 1. The van der Waals surface area contributed by atoms with E-state index >= 15 is 0 Å². The van der Waals surface area contributed by atoms with Crippen LogP contribution in [0.5, 0.6) is 17.2 Å². The Morgan fingerprint density at radius 3 is 2.65 bits per heavy atom. The number of carbonyl (C=O) groups is 1. The molecular weight excluding hydrogens is 350 g/mol. The molecule has 1 amide bonds. The van der Waals surface area contributed by atoms with Crippen LogP contribution < -0.4 is 20.5 Å². The van der Waals surface area contributed by atoms with Gasteiger partial charge in [0.1, 0.15) is 5.75 Å². The highest BCUT2D eigenvalue weighted by molar-refractivity contribution is 7.13. The number of hydrogen-bond donors (Lipinski definition) is 2. The number of nitrogens with one attached hydrogen (secondary N) is 1. The van der Waals surface area contributed by atoms with E-state index < -0.39 is 0 Å². The fraction of sp³-hybridized carbons (Fsp3) is 0.158. The summed E-state index contributed by atoms with van der Waals surface area (Å²) in [4.78, 5) is 16.7. The van der Waals surface area contributed by atoms with Gasteiger partial charge < -0.3 is 15.2 Å². The number of nitrogens with zero attached hydrogens (tertiary/aromatic N) is 1. The predicted molar refractivity (Wildman–Crippen MR) is 103 cm³/mol. The molecule has 0 atom stereocenters. The lowest BCUT2D eigenvalue weighted by atomic mass is 10.1. The lowest BCUT2D eigenvalue weighted by Crippen LogP contribution is -2.14. The molecule has 0 aliphatic carbocycles. The third kappa shape index (κ3) is 3.94. The van der Waals surface area contributed by atoms with Crippen LogP contribution in [0.25, 0.3) is 0 Å². The summed E-state index contributed by atoms with van der Waals surface area (Å²) in [6.45, 7) is 3.83. The fourth-order valence-electron chi connectivity index (χ4n) is 2.36. The number of rotatable bonds is 5. The number of ether oxygens (including phenoxy) is 2. The van der Waals surface area contributed by atoms with Gasteiger partial charge in [-0.25, -0.2) is 4.98 Å². The average Bonchev–Trinajstić information content (AvgIpc) is 3.01. The summed E-state index contributed by atoms with van der Waals surface area (Å²) < 4.78 is 11.2. The van der Waals surface area contributed by atoms with E-state index in [1.807, 2.05) is 37.4 Å². The van der Waals surface area contributed by atoms with Gasteiger partial charge in [-0.2, -0.15) is 0 Å². The summed E-state index contributed by atoms with van der Waals surface area (Å²) in [5.74, 6) is 1.33. The Labute approximate surface area is 155 Å². The summed E-state index contributed by atoms with van der Waals surface area (Å²) >= 11 is 1.36. The topological polar surface area (TPSA) is 86.5 Å². The van der Waals surface area contributed by atoms with Crippen molar-refractivity contribution in [3.05, 3.63) is 58.6 Å². The third-order valence-corrected chi connectivity index (χ3v) is 4.53. The first-order valence-corrected chi connectivity index (χ1v) is 8.79. The minimum Gasteiger partial charge on any atom is -0.493 e. The van der Waals surface area contributed by atoms with Crippen LogP contribution in [0.1, 0.15) is 21.6 Å². The second-order valence-corrected chi connectivity index (χ2v) is 6.61. The molecule has 1 heterocycles. The van der Waals surface area contributed by atoms with Gasteiger partial charge in [-0.1, -0.05) is 6.07 Å². The quantitative estimate of drug-likeness (QED) is 0.651. The van der Waals surface area contributed by atoms with Crippen molar-refractivity contribution in [3.63, 3.8) is 0 Å². The molecule has 0 spiro atoms. The number of aryl methyl sites for hydroxylation is 2. The van der Waals surface area contributed by atoms with Gasteiger partial charge >= 0.3 is 0 Å². The van der Waals surface area contributed by atoms with E-state index in [1.54, 1.807) is 25.3 Å². The van der Waals surface area contributed by atoms with Gasteiger partial charge in [0.25, 0.3) is 5.91 Å². The van der Waals surface area contributed by atoms with Crippen molar-refractivity contribution in [3.8, 4) is 17.2 Å². The molecular formula is C19H19N3O3S. The zero-order chi connectivity index (χ0) is 18.7. The maximum Gasteiger partial charge on any atom is 0.259 e. The average molecular weight is 369 g/mol. The molecule has 0 fully saturated rings. The van der Waals surface area contributed by atoms with E-state index in [-0.39, 0.29) is 5.91 Å². The number of benzene rings is 2. The van der Waals surface area contributed by atoms with Crippen LogP contribution in [0.15, 0.2) is 41.8 Å². The molecule has 0 saturated carbocycles. The Bertz CT molecular complexity index is 953. The second kappa shape index (κ2) is 7.45. The highest BCUT2D eigenvalue weighted by atomic mass is 32.1. The van der Waals surface area contributed by atoms with Gasteiger partial charge in [0.05, 0.1) is 18.4 Å². The van der Waals surface area contributed by atoms with Crippen LogP contribution >= 0.6 is 11.3 Å². The smallest absolute Gasteiger partial charge is 0.259 e. The van der Waals surface area contributed by atoms with Gasteiger partial charge in [0.2, 0.25) is 0 Å². The van der Waals surface area contributed by atoms with E-state index in [4.69, 9.17) is 15.2 Å². The van der Waals surface area contributed by atoms with Crippen LogP contribution in [-0.2, 0) is 0 Å². The van der Waals surface area contributed by atoms with Crippen molar-refractivity contribution in [2.75, 3.05) is 18.2 Å². The largest absolute Gasteiger partial charge is 0.493 e. The molecule has 6 nitrogen and oxygen atoms in total. The van der Waals surface area contributed by atoms with Crippen LogP contribution in [-0.4, -0.2) is 18.0 Å². The van der Waals surface area contributed by atoms with E-state index in [2.05, 4.69) is 10.3 Å². The maximum atomic E-state index is 12.5. The highest BCUT2D eigenvalue weighted by Crippen LogP contribution is 2.33. The number of anilines is 2. The normalized spacial score (nSPS) is 10.4. The molecule has 3 aromatic rings. The van der Waals surface area contributed by atoms with Crippen molar-refractivity contribution >= 4 is 28.1 Å². The lowest BCUT2D eigenvalue weighted by molar-refractivity contribution is 0.102. The molecule has 0 radical (unpaired) electrons. The number of thiazole rings is 1. The molecule has 1 aromatic heterocycles. The van der Waals surface area contributed by atoms with Gasteiger partial charge in [-0.15, -0.1) is 11.3 Å². The van der Waals surface area contributed by atoms with Crippen LogP contribution in [0.3, 0.4) is 0 Å². The first-order valence-electron chi connectivity index (χ1n) is 7.92. The van der Waals surface area contributed by atoms with E-state index in [1.165, 1.54) is 11.3 Å². The van der Waals surface area contributed by atoms with Crippen molar-refractivity contribution in [2.24, 2.45) is 0 Å². The van der Waals surface area contributed by atoms with E-state index in [9.17, 15) is 4.79 Å². The Morgan fingerprint density at radius 2 is 1.96 bits per heavy atom. The number of carbonyl (C=O) groups excluding carboxylic acids is 1. The highest BCUT2D eigenvalue weighted by Gasteiger charge is 2.14. The Balaban J connectivity index is 1.86. The number of nitrogens with two attached hydrogens (primary N) is 1. The Kier molecular flexibility index (Phi) is 5.09. The monoisotopic (exact) mass is 369 g/mol. The van der Waals surface area contributed by atoms with Gasteiger partial charge in [-0.05, 0) is 49.7 Å². The molecule has 3 rings (SSSR count). The maximum absolute atomic E-state index is 12.5. The first kappa shape index (κ1) is 17.8. The SMILES string of the molecule is COc1ccc(C)cc1Oc1ccc(N)c(C(=O)Nc2nc(C)cs2)c1. The number of nitrogen functional groups attached to an aromatic ring is 1. The minimum atomic E-state index is -0.335. The van der Waals surface area contributed by atoms with Crippen molar-refractivity contribution in [1.82, 2.24) is 4.98 Å². The third-order valence-electron chi connectivity index (χ3n) is 3.66. The zero-order valence-corrected chi connectivity index (χ0v) is 15.5. The predicted octanol–water partition coefficient (Wildman–Crippen LogP) is 4.40. The Hall–Kier alpha value is -3.06. The Morgan fingerprint density at radius 1 is 1.15 bits per heavy atom. The van der Waals surface area contributed by atoms with Crippen LogP contribution in [0.4, 0.5) is 10.8 Å². The summed E-state index contributed by atoms with van der Waals surface area (Å²) in [6, 6.07) is 10.6. The lowest BCUT2D eigenvalue weighted by Gasteiger charge is -2.13. The van der Waals surface area contributed by atoms with Crippen LogP contribution in [0, 0.1) is 13.8 Å². The van der Waals surface area contributed by atoms with Crippen molar-refractivity contribution in [2.45, 2.75) is 13.8 Å².